The maximum atomic E-state index is 6.75. The van der Waals surface area contributed by atoms with E-state index < -0.39 is 0 Å². The van der Waals surface area contributed by atoms with Gasteiger partial charge >= 0.3 is 0 Å². The number of hydrogen-bond acceptors (Lipinski definition) is 2. The van der Waals surface area contributed by atoms with Gasteiger partial charge in [-0.1, -0.05) is 12.8 Å². The summed E-state index contributed by atoms with van der Waals surface area (Å²) in [4.78, 5) is 7.83. The fourth-order valence-electron chi connectivity index (χ4n) is 1.84. The highest BCUT2D eigenvalue weighted by Crippen LogP contribution is 2.35. The van der Waals surface area contributed by atoms with Crippen LogP contribution in [0.25, 0.3) is 4.85 Å². The number of thiazole rings is 1. The van der Waals surface area contributed by atoms with Crippen molar-refractivity contribution < 1.29 is 0 Å². The first-order valence-corrected chi connectivity index (χ1v) is 5.55. The molecule has 1 fully saturated rings. The summed E-state index contributed by atoms with van der Waals surface area (Å²) in [6.45, 7) is 7.20. The molecular weight excluding hydrogens is 180 g/mol. The summed E-state index contributed by atoms with van der Waals surface area (Å²) < 4.78 is 0. The van der Waals surface area contributed by atoms with Crippen LogP contribution in [0.4, 0.5) is 0 Å². The predicted molar refractivity (Wildman–Crippen MR) is 53.6 cm³/mol. The Morgan fingerprint density at radius 2 is 2.31 bits per heavy atom. The molecule has 68 valence electrons. The largest absolute Gasteiger partial charge is 0.310 e. The minimum atomic E-state index is 0.448. The average molecular weight is 192 g/mol. The van der Waals surface area contributed by atoms with Crippen molar-refractivity contribution in [3.8, 4) is 0 Å². The minimum absolute atomic E-state index is 0.448. The van der Waals surface area contributed by atoms with Crippen LogP contribution >= 0.6 is 11.3 Å². The zero-order chi connectivity index (χ0) is 9.10. The second-order valence-electron chi connectivity index (χ2n) is 3.47. The van der Waals surface area contributed by atoms with Gasteiger partial charge in [0.2, 0.25) is 0 Å². The van der Waals surface area contributed by atoms with Crippen molar-refractivity contribution in [2.75, 3.05) is 0 Å². The standard InChI is InChI=1S/C10H12N2S/c1-11-6-9-7-13-10(12-9)8-4-2-3-5-8/h7-8H,2-6H2. The summed E-state index contributed by atoms with van der Waals surface area (Å²) in [5.41, 5.74) is 0.960. The van der Waals surface area contributed by atoms with Gasteiger partial charge in [-0.05, 0) is 12.8 Å². The van der Waals surface area contributed by atoms with E-state index in [2.05, 4.69) is 9.83 Å². The topological polar surface area (TPSA) is 17.2 Å². The number of aromatic nitrogens is 1. The van der Waals surface area contributed by atoms with Crippen LogP contribution in [0.5, 0.6) is 0 Å². The van der Waals surface area contributed by atoms with E-state index in [0.717, 1.165) is 5.69 Å². The highest BCUT2D eigenvalue weighted by molar-refractivity contribution is 7.09. The molecule has 1 aliphatic rings. The third-order valence-corrected chi connectivity index (χ3v) is 3.57. The Labute approximate surface area is 82.4 Å². The lowest BCUT2D eigenvalue weighted by molar-refractivity contribution is 0.713. The third-order valence-electron chi connectivity index (χ3n) is 2.51. The maximum Gasteiger partial charge on any atom is 0.257 e. The Bertz CT molecular complexity index is 318. The van der Waals surface area contributed by atoms with Gasteiger partial charge in [0.15, 0.2) is 0 Å². The van der Waals surface area contributed by atoms with E-state index in [0.29, 0.717) is 12.5 Å². The zero-order valence-corrected chi connectivity index (χ0v) is 8.31. The fourth-order valence-corrected chi connectivity index (χ4v) is 2.82. The smallest absolute Gasteiger partial charge is 0.257 e. The lowest BCUT2D eigenvalue weighted by Gasteiger charge is -2.01. The molecule has 0 saturated heterocycles. The molecule has 1 saturated carbocycles. The van der Waals surface area contributed by atoms with Crippen LogP contribution in [0.2, 0.25) is 0 Å². The lowest BCUT2D eigenvalue weighted by atomic mass is 10.1. The third kappa shape index (κ3) is 1.89. The van der Waals surface area contributed by atoms with E-state index in [1.165, 1.54) is 30.7 Å². The summed E-state index contributed by atoms with van der Waals surface area (Å²) in [7, 11) is 0. The molecule has 2 rings (SSSR count). The molecule has 13 heavy (non-hydrogen) atoms. The molecule has 0 aliphatic heterocycles. The van der Waals surface area contributed by atoms with Gasteiger partial charge in [0.25, 0.3) is 6.54 Å². The van der Waals surface area contributed by atoms with E-state index in [1.54, 1.807) is 11.3 Å². The minimum Gasteiger partial charge on any atom is -0.310 e. The molecule has 0 radical (unpaired) electrons. The van der Waals surface area contributed by atoms with E-state index in [4.69, 9.17) is 6.57 Å². The molecule has 0 unspecified atom stereocenters. The number of hydrogen-bond donors (Lipinski definition) is 0. The summed E-state index contributed by atoms with van der Waals surface area (Å²) in [6, 6.07) is 0. The monoisotopic (exact) mass is 192 g/mol. The van der Waals surface area contributed by atoms with E-state index >= 15 is 0 Å². The van der Waals surface area contributed by atoms with Gasteiger partial charge in [-0.3, -0.25) is 0 Å². The molecule has 0 spiro atoms. The molecule has 3 heteroatoms. The summed E-state index contributed by atoms with van der Waals surface area (Å²) in [5.74, 6) is 0.699. The van der Waals surface area contributed by atoms with Crippen LogP contribution in [0, 0.1) is 6.57 Å². The average Bonchev–Trinajstić information content (AvgIpc) is 2.70. The summed E-state index contributed by atoms with van der Waals surface area (Å²) in [6.07, 6.45) is 5.29. The molecule has 0 N–H and O–H groups in total. The van der Waals surface area contributed by atoms with Gasteiger partial charge in [0.1, 0.15) is 5.69 Å². The molecule has 0 amide bonds. The van der Waals surface area contributed by atoms with Gasteiger partial charge < -0.3 is 4.85 Å². The van der Waals surface area contributed by atoms with Crippen molar-refractivity contribution in [3.63, 3.8) is 0 Å². The first kappa shape index (κ1) is 8.71. The SMILES string of the molecule is [C-]#[N+]Cc1csc(C2CCCC2)n1. The molecule has 0 atom stereocenters. The second-order valence-corrected chi connectivity index (χ2v) is 4.36. The Kier molecular flexibility index (Phi) is 2.60. The Hall–Kier alpha value is -0.880. The van der Waals surface area contributed by atoms with Gasteiger partial charge in [-0.25, -0.2) is 11.6 Å². The Morgan fingerprint density at radius 1 is 1.54 bits per heavy atom. The molecule has 1 heterocycles. The van der Waals surface area contributed by atoms with Crippen molar-refractivity contribution in [2.45, 2.75) is 38.1 Å². The molecule has 0 bridgehead atoms. The summed E-state index contributed by atoms with van der Waals surface area (Å²) in [5, 5.41) is 3.29. The highest BCUT2D eigenvalue weighted by atomic mass is 32.1. The fraction of sp³-hybridized carbons (Fsp3) is 0.600. The quantitative estimate of drug-likeness (QED) is 0.658. The van der Waals surface area contributed by atoms with Crippen LogP contribution in [-0.2, 0) is 6.54 Å². The first-order valence-electron chi connectivity index (χ1n) is 4.67. The molecule has 0 aromatic carbocycles. The van der Waals surface area contributed by atoms with Crippen LogP contribution in [0.3, 0.4) is 0 Å². The molecule has 1 aromatic rings. The Balaban J connectivity index is 2.08. The molecule has 2 nitrogen and oxygen atoms in total. The van der Waals surface area contributed by atoms with Crippen LogP contribution in [0.1, 0.15) is 42.3 Å². The zero-order valence-electron chi connectivity index (χ0n) is 7.49. The molecule has 1 aromatic heterocycles. The van der Waals surface area contributed by atoms with Crippen molar-refractivity contribution in [1.29, 1.82) is 0 Å². The van der Waals surface area contributed by atoms with Gasteiger partial charge in [-0.15, -0.1) is 11.3 Å². The van der Waals surface area contributed by atoms with Crippen molar-refractivity contribution in [1.82, 2.24) is 4.98 Å². The maximum absolute atomic E-state index is 6.75. The number of nitrogens with zero attached hydrogens (tertiary/aromatic N) is 2. The van der Waals surface area contributed by atoms with Gasteiger partial charge in [0, 0.05) is 11.3 Å². The highest BCUT2D eigenvalue weighted by Gasteiger charge is 2.20. The van der Waals surface area contributed by atoms with Crippen LogP contribution in [0.15, 0.2) is 5.38 Å². The van der Waals surface area contributed by atoms with Crippen molar-refractivity contribution >= 4 is 11.3 Å². The van der Waals surface area contributed by atoms with Crippen molar-refractivity contribution in [2.24, 2.45) is 0 Å². The molecular formula is C10H12N2S. The second kappa shape index (κ2) is 3.89. The summed E-state index contributed by atoms with van der Waals surface area (Å²) >= 11 is 1.73. The Morgan fingerprint density at radius 3 is 3.00 bits per heavy atom. The van der Waals surface area contributed by atoms with E-state index in [9.17, 15) is 0 Å². The normalized spacial score (nSPS) is 17.5. The van der Waals surface area contributed by atoms with Crippen LogP contribution < -0.4 is 0 Å². The van der Waals surface area contributed by atoms with Crippen molar-refractivity contribution in [3.05, 3.63) is 27.5 Å². The lowest BCUT2D eigenvalue weighted by Crippen LogP contribution is -1.91. The van der Waals surface area contributed by atoms with Gasteiger partial charge in [0.05, 0.1) is 5.01 Å². The number of rotatable bonds is 2. The first-order chi connectivity index (χ1) is 6.40. The molecule has 1 aliphatic carbocycles. The van der Waals surface area contributed by atoms with Crippen LogP contribution in [-0.4, -0.2) is 4.98 Å². The van der Waals surface area contributed by atoms with Gasteiger partial charge in [-0.2, -0.15) is 0 Å². The van der Waals surface area contributed by atoms with E-state index in [1.807, 2.05) is 5.38 Å². The van der Waals surface area contributed by atoms with E-state index in [-0.39, 0.29) is 0 Å². The predicted octanol–water partition coefficient (Wildman–Crippen LogP) is 3.22.